The third-order valence-electron chi connectivity index (χ3n) is 3.13. The number of hydrogen-bond donors (Lipinski definition) is 1. The lowest BCUT2D eigenvalue weighted by Crippen LogP contribution is -2.27. The lowest BCUT2D eigenvalue weighted by molar-refractivity contribution is 0.443. The number of nitrogens with one attached hydrogen (secondary N) is 1. The molecule has 3 heteroatoms. The molecule has 0 spiro atoms. The smallest absolute Gasteiger partial charge is 0.132 e. The minimum Gasteiger partial charge on any atom is -0.317 e. The number of piperidine rings is 1. The van der Waals surface area contributed by atoms with Gasteiger partial charge < -0.3 is 5.32 Å². The summed E-state index contributed by atoms with van der Waals surface area (Å²) >= 11 is 0. The zero-order valence-electron chi connectivity index (χ0n) is 10.3. The normalized spacial score (nSPS) is 17.6. The van der Waals surface area contributed by atoms with Gasteiger partial charge >= 0.3 is 0 Å². The Morgan fingerprint density at radius 1 is 1.31 bits per heavy atom. The lowest BCUT2D eigenvalue weighted by atomic mass is 9.97. The fraction of sp³-hybridized carbons (Fsp3) is 0.692. The van der Waals surface area contributed by atoms with E-state index in [4.69, 9.17) is 4.98 Å². The zero-order chi connectivity index (χ0) is 11.4. The van der Waals surface area contributed by atoms with Crippen LogP contribution in [0.15, 0.2) is 6.07 Å². The molecule has 1 aliphatic heterocycles. The third kappa shape index (κ3) is 2.79. The van der Waals surface area contributed by atoms with Crippen LogP contribution >= 0.6 is 0 Å². The second-order valence-corrected chi connectivity index (χ2v) is 4.63. The van der Waals surface area contributed by atoms with E-state index in [9.17, 15) is 0 Å². The molecule has 2 rings (SSSR count). The topological polar surface area (TPSA) is 37.8 Å². The summed E-state index contributed by atoms with van der Waals surface area (Å²) in [7, 11) is 0. The molecule has 0 bridgehead atoms. The highest BCUT2D eigenvalue weighted by molar-refractivity contribution is 5.13. The van der Waals surface area contributed by atoms with Gasteiger partial charge in [-0.05, 0) is 45.3 Å². The standard InChI is InChI=1S/C13H21N3/c1-3-4-12-9-10(2)15-13(16-12)11-5-7-14-8-6-11/h9,11,14H,3-8H2,1-2H3. The fourth-order valence-electron chi connectivity index (χ4n) is 2.31. The van der Waals surface area contributed by atoms with Gasteiger partial charge in [0.15, 0.2) is 0 Å². The molecule has 16 heavy (non-hydrogen) atoms. The van der Waals surface area contributed by atoms with Crippen molar-refractivity contribution < 1.29 is 0 Å². The lowest BCUT2D eigenvalue weighted by Gasteiger charge is -2.21. The average molecular weight is 219 g/mol. The van der Waals surface area contributed by atoms with Gasteiger partial charge in [0.1, 0.15) is 5.82 Å². The summed E-state index contributed by atoms with van der Waals surface area (Å²) < 4.78 is 0. The number of rotatable bonds is 3. The molecule has 0 aromatic carbocycles. The van der Waals surface area contributed by atoms with Gasteiger partial charge in [0.25, 0.3) is 0 Å². The molecule has 1 fully saturated rings. The van der Waals surface area contributed by atoms with Crippen molar-refractivity contribution in [2.75, 3.05) is 13.1 Å². The molecule has 1 aliphatic rings. The van der Waals surface area contributed by atoms with Crippen LogP contribution in [0.25, 0.3) is 0 Å². The molecule has 1 saturated heterocycles. The minimum absolute atomic E-state index is 0.566. The van der Waals surface area contributed by atoms with Crippen LogP contribution in [0.3, 0.4) is 0 Å². The van der Waals surface area contributed by atoms with E-state index in [-0.39, 0.29) is 0 Å². The number of nitrogens with zero attached hydrogens (tertiary/aromatic N) is 2. The Hall–Kier alpha value is -0.960. The number of aromatic nitrogens is 2. The van der Waals surface area contributed by atoms with Gasteiger partial charge in [0.2, 0.25) is 0 Å². The van der Waals surface area contributed by atoms with Crippen molar-refractivity contribution in [2.24, 2.45) is 0 Å². The van der Waals surface area contributed by atoms with Crippen molar-refractivity contribution in [1.29, 1.82) is 0 Å². The van der Waals surface area contributed by atoms with Crippen LogP contribution < -0.4 is 5.32 Å². The molecule has 0 radical (unpaired) electrons. The van der Waals surface area contributed by atoms with Crippen molar-refractivity contribution in [3.05, 3.63) is 23.3 Å². The summed E-state index contributed by atoms with van der Waals surface area (Å²) in [6, 6.07) is 2.12. The van der Waals surface area contributed by atoms with E-state index in [1.807, 2.05) is 0 Å². The van der Waals surface area contributed by atoms with E-state index in [1.54, 1.807) is 0 Å². The molecule has 1 N–H and O–H groups in total. The van der Waals surface area contributed by atoms with Crippen LogP contribution in [-0.4, -0.2) is 23.1 Å². The molecule has 0 amide bonds. The van der Waals surface area contributed by atoms with Crippen LogP contribution in [0, 0.1) is 6.92 Å². The van der Waals surface area contributed by atoms with Crippen molar-refractivity contribution >= 4 is 0 Å². The van der Waals surface area contributed by atoms with Gasteiger partial charge in [-0.1, -0.05) is 13.3 Å². The predicted molar refractivity (Wildman–Crippen MR) is 65.6 cm³/mol. The monoisotopic (exact) mass is 219 g/mol. The molecule has 0 saturated carbocycles. The Labute approximate surface area is 97.7 Å². The van der Waals surface area contributed by atoms with E-state index >= 15 is 0 Å². The first-order chi connectivity index (χ1) is 7.79. The molecule has 2 heterocycles. The molecule has 0 atom stereocenters. The summed E-state index contributed by atoms with van der Waals surface area (Å²) in [6.45, 7) is 6.48. The molecular weight excluding hydrogens is 198 g/mol. The first-order valence-corrected chi connectivity index (χ1v) is 6.34. The fourth-order valence-corrected chi connectivity index (χ4v) is 2.31. The van der Waals surface area contributed by atoms with Crippen LogP contribution in [0.4, 0.5) is 0 Å². The van der Waals surface area contributed by atoms with Crippen LogP contribution in [-0.2, 0) is 6.42 Å². The molecule has 88 valence electrons. The summed E-state index contributed by atoms with van der Waals surface area (Å²) in [5.41, 5.74) is 2.33. The van der Waals surface area contributed by atoms with Gasteiger partial charge in [-0.3, -0.25) is 0 Å². The SMILES string of the molecule is CCCc1cc(C)nc(C2CCNCC2)n1. The second-order valence-electron chi connectivity index (χ2n) is 4.63. The maximum absolute atomic E-state index is 4.71. The largest absolute Gasteiger partial charge is 0.317 e. The summed E-state index contributed by atoms with van der Waals surface area (Å²) in [4.78, 5) is 9.31. The Balaban J connectivity index is 2.18. The van der Waals surface area contributed by atoms with Crippen LogP contribution in [0.5, 0.6) is 0 Å². The molecule has 0 unspecified atom stereocenters. The summed E-state index contributed by atoms with van der Waals surface area (Å²) in [5, 5.41) is 3.38. The van der Waals surface area contributed by atoms with Gasteiger partial charge in [-0.15, -0.1) is 0 Å². The minimum atomic E-state index is 0.566. The number of hydrogen-bond acceptors (Lipinski definition) is 3. The Bertz CT molecular complexity index is 343. The molecular formula is C13H21N3. The van der Waals surface area contributed by atoms with E-state index in [0.29, 0.717) is 5.92 Å². The van der Waals surface area contributed by atoms with Crippen LogP contribution in [0.1, 0.15) is 49.3 Å². The van der Waals surface area contributed by atoms with Gasteiger partial charge in [-0.25, -0.2) is 9.97 Å². The van der Waals surface area contributed by atoms with E-state index in [1.165, 1.54) is 18.5 Å². The molecule has 0 aliphatic carbocycles. The van der Waals surface area contributed by atoms with Crippen molar-refractivity contribution in [1.82, 2.24) is 15.3 Å². The highest BCUT2D eigenvalue weighted by Crippen LogP contribution is 2.22. The third-order valence-corrected chi connectivity index (χ3v) is 3.13. The first-order valence-electron chi connectivity index (χ1n) is 6.34. The van der Waals surface area contributed by atoms with E-state index in [2.05, 4.69) is 30.2 Å². The van der Waals surface area contributed by atoms with Gasteiger partial charge in [-0.2, -0.15) is 0 Å². The van der Waals surface area contributed by atoms with Crippen molar-refractivity contribution in [3.63, 3.8) is 0 Å². The Morgan fingerprint density at radius 3 is 2.75 bits per heavy atom. The zero-order valence-corrected chi connectivity index (χ0v) is 10.3. The highest BCUT2D eigenvalue weighted by Gasteiger charge is 2.18. The molecule has 3 nitrogen and oxygen atoms in total. The Kier molecular flexibility index (Phi) is 3.88. The second kappa shape index (κ2) is 5.39. The quantitative estimate of drug-likeness (QED) is 0.847. The summed E-state index contributed by atoms with van der Waals surface area (Å²) in [5.74, 6) is 1.64. The summed E-state index contributed by atoms with van der Waals surface area (Å²) in [6.07, 6.45) is 4.58. The maximum Gasteiger partial charge on any atom is 0.132 e. The molecule has 1 aromatic rings. The maximum atomic E-state index is 4.71. The first kappa shape index (κ1) is 11.5. The molecule has 1 aromatic heterocycles. The predicted octanol–water partition coefficient (Wildman–Crippen LogP) is 2.20. The van der Waals surface area contributed by atoms with Crippen molar-refractivity contribution in [3.8, 4) is 0 Å². The van der Waals surface area contributed by atoms with E-state index in [0.717, 1.165) is 37.4 Å². The highest BCUT2D eigenvalue weighted by atomic mass is 14.9. The number of aryl methyl sites for hydroxylation is 2. The Morgan fingerprint density at radius 2 is 2.06 bits per heavy atom. The van der Waals surface area contributed by atoms with E-state index < -0.39 is 0 Å². The van der Waals surface area contributed by atoms with Gasteiger partial charge in [0.05, 0.1) is 0 Å². The average Bonchev–Trinajstić information content (AvgIpc) is 2.30. The van der Waals surface area contributed by atoms with Gasteiger partial charge in [0, 0.05) is 17.3 Å². The van der Waals surface area contributed by atoms with Crippen LogP contribution in [0.2, 0.25) is 0 Å². The van der Waals surface area contributed by atoms with Crippen molar-refractivity contribution in [2.45, 2.75) is 45.4 Å².